The quantitative estimate of drug-likeness (QED) is 0.592. The molecule has 1 atom stereocenters. The van der Waals surface area contributed by atoms with E-state index >= 15 is 0 Å². The SMILES string of the molecule is COC(=O)c1c(C)[nH]c(-c2ccc(Br)s2)c1C1C(=O)Nc2ccccc21. The number of halogens is 1. The Bertz CT molecular complexity index is 1040. The third-order valence-electron chi connectivity index (χ3n) is 4.52. The van der Waals surface area contributed by atoms with Crippen molar-refractivity contribution in [1.29, 1.82) is 0 Å². The summed E-state index contributed by atoms with van der Waals surface area (Å²) in [5.74, 6) is -1.17. The average molecular weight is 431 g/mol. The molecule has 26 heavy (non-hydrogen) atoms. The molecule has 1 amide bonds. The number of rotatable bonds is 3. The van der Waals surface area contributed by atoms with E-state index in [2.05, 4.69) is 26.2 Å². The standard InChI is InChI=1S/C19H15BrN2O3S/c1-9-14(19(24)25-2)16(17(21-9)12-7-8-13(20)26-12)15-10-5-3-4-6-11(10)22-18(15)23/h3-8,15,21H,1-2H3,(H,22,23). The van der Waals surface area contributed by atoms with Crippen molar-refractivity contribution in [2.24, 2.45) is 0 Å². The van der Waals surface area contributed by atoms with Crippen molar-refractivity contribution in [2.45, 2.75) is 12.8 Å². The van der Waals surface area contributed by atoms with E-state index in [1.165, 1.54) is 18.4 Å². The van der Waals surface area contributed by atoms with Gasteiger partial charge >= 0.3 is 5.97 Å². The molecule has 2 N–H and O–H groups in total. The molecule has 5 nitrogen and oxygen atoms in total. The van der Waals surface area contributed by atoms with E-state index < -0.39 is 11.9 Å². The van der Waals surface area contributed by atoms with Crippen LogP contribution in [0.1, 0.15) is 33.1 Å². The first kappa shape index (κ1) is 17.1. The van der Waals surface area contributed by atoms with Crippen LogP contribution in [-0.2, 0) is 9.53 Å². The number of benzene rings is 1. The monoisotopic (exact) mass is 430 g/mol. The molecule has 3 heterocycles. The molecule has 1 aliphatic rings. The maximum Gasteiger partial charge on any atom is 0.340 e. The van der Waals surface area contributed by atoms with Gasteiger partial charge in [0.2, 0.25) is 5.91 Å². The van der Waals surface area contributed by atoms with Crippen LogP contribution in [0, 0.1) is 6.92 Å². The number of esters is 1. The van der Waals surface area contributed by atoms with E-state index in [0.29, 0.717) is 16.8 Å². The summed E-state index contributed by atoms with van der Waals surface area (Å²) < 4.78 is 5.97. The van der Waals surface area contributed by atoms with E-state index in [1.807, 2.05) is 43.3 Å². The summed E-state index contributed by atoms with van der Waals surface area (Å²) in [6, 6.07) is 11.5. The van der Waals surface area contributed by atoms with Gasteiger partial charge in [-0.25, -0.2) is 4.79 Å². The molecule has 0 bridgehead atoms. The first-order valence-electron chi connectivity index (χ1n) is 7.97. The Labute approximate surface area is 162 Å². The molecule has 0 aliphatic carbocycles. The molecule has 4 rings (SSSR count). The predicted octanol–water partition coefficient (Wildman–Crippen LogP) is 4.68. The zero-order valence-corrected chi connectivity index (χ0v) is 16.5. The molecule has 1 aromatic carbocycles. The lowest BCUT2D eigenvalue weighted by atomic mass is 9.88. The summed E-state index contributed by atoms with van der Waals surface area (Å²) >= 11 is 5.02. The minimum absolute atomic E-state index is 0.146. The summed E-state index contributed by atoms with van der Waals surface area (Å²) in [6.07, 6.45) is 0. The zero-order valence-electron chi connectivity index (χ0n) is 14.1. The number of ether oxygens (including phenoxy) is 1. The Morgan fingerprint density at radius 2 is 2.00 bits per heavy atom. The fourth-order valence-electron chi connectivity index (χ4n) is 3.44. The molecular formula is C19H15BrN2O3S. The van der Waals surface area contributed by atoms with Gasteiger partial charge < -0.3 is 15.0 Å². The van der Waals surface area contributed by atoms with E-state index in [1.54, 1.807) is 0 Å². The van der Waals surface area contributed by atoms with Crippen molar-refractivity contribution < 1.29 is 14.3 Å². The molecule has 3 aromatic rings. The Morgan fingerprint density at radius 3 is 2.69 bits per heavy atom. The van der Waals surface area contributed by atoms with Crippen LogP contribution in [0.3, 0.4) is 0 Å². The maximum atomic E-state index is 12.8. The summed E-state index contributed by atoms with van der Waals surface area (Å²) in [5.41, 5.74) is 4.17. The number of carbonyl (C=O) groups is 2. The van der Waals surface area contributed by atoms with Crippen LogP contribution in [-0.4, -0.2) is 24.0 Å². The van der Waals surface area contributed by atoms with Crippen LogP contribution in [0.4, 0.5) is 5.69 Å². The molecule has 0 spiro atoms. The van der Waals surface area contributed by atoms with Gasteiger partial charge in [-0.1, -0.05) is 18.2 Å². The Kier molecular flexibility index (Phi) is 4.20. The first-order chi connectivity index (χ1) is 12.5. The van der Waals surface area contributed by atoms with Crippen LogP contribution < -0.4 is 5.32 Å². The van der Waals surface area contributed by atoms with Gasteiger partial charge in [0.1, 0.15) is 0 Å². The summed E-state index contributed by atoms with van der Waals surface area (Å²) in [4.78, 5) is 29.6. The van der Waals surface area contributed by atoms with Gasteiger partial charge in [0.05, 0.1) is 32.9 Å². The highest BCUT2D eigenvalue weighted by atomic mass is 79.9. The summed E-state index contributed by atoms with van der Waals surface area (Å²) in [7, 11) is 1.35. The number of thiophene rings is 1. The third-order valence-corrected chi connectivity index (χ3v) is 6.16. The number of carbonyl (C=O) groups excluding carboxylic acids is 2. The van der Waals surface area contributed by atoms with Crippen molar-refractivity contribution in [3.05, 3.63) is 62.6 Å². The third kappa shape index (κ3) is 2.59. The smallest absolute Gasteiger partial charge is 0.340 e. The molecule has 1 aliphatic heterocycles. The van der Waals surface area contributed by atoms with E-state index in [-0.39, 0.29) is 5.91 Å². The largest absolute Gasteiger partial charge is 0.465 e. The molecule has 0 saturated carbocycles. The number of aromatic amines is 1. The Balaban J connectivity index is 2.00. The number of methoxy groups -OCH3 is 1. The number of aromatic nitrogens is 1. The summed E-state index contributed by atoms with van der Waals surface area (Å²) in [5, 5.41) is 2.91. The first-order valence-corrected chi connectivity index (χ1v) is 9.58. The number of hydrogen-bond acceptors (Lipinski definition) is 4. The van der Waals surface area contributed by atoms with Crippen LogP contribution >= 0.6 is 27.3 Å². The minimum Gasteiger partial charge on any atom is -0.465 e. The molecule has 0 saturated heterocycles. The Hall–Kier alpha value is -2.38. The zero-order chi connectivity index (χ0) is 18.4. The van der Waals surface area contributed by atoms with Crippen LogP contribution in [0.2, 0.25) is 0 Å². The van der Waals surface area contributed by atoms with E-state index in [9.17, 15) is 9.59 Å². The lowest BCUT2D eigenvalue weighted by Gasteiger charge is -2.12. The van der Waals surface area contributed by atoms with E-state index in [0.717, 1.165) is 25.6 Å². The number of para-hydroxylation sites is 1. The van der Waals surface area contributed by atoms with Crippen molar-refractivity contribution >= 4 is 44.8 Å². The van der Waals surface area contributed by atoms with Crippen LogP contribution in [0.5, 0.6) is 0 Å². The molecule has 0 fully saturated rings. The van der Waals surface area contributed by atoms with Gasteiger partial charge in [0, 0.05) is 16.9 Å². The van der Waals surface area contributed by atoms with Crippen LogP contribution in [0.15, 0.2) is 40.2 Å². The minimum atomic E-state index is -0.568. The highest BCUT2D eigenvalue weighted by Gasteiger charge is 2.38. The molecular weight excluding hydrogens is 416 g/mol. The van der Waals surface area contributed by atoms with Crippen LogP contribution in [0.25, 0.3) is 10.6 Å². The highest BCUT2D eigenvalue weighted by molar-refractivity contribution is 9.11. The second kappa shape index (κ2) is 6.41. The lowest BCUT2D eigenvalue weighted by Crippen LogP contribution is -2.17. The topological polar surface area (TPSA) is 71.2 Å². The molecule has 2 aromatic heterocycles. The number of H-pyrrole nitrogens is 1. The molecule has 1 unspecified atom stereocenters. The Morgan fingerprint density at radius 1 is 1.23 bits per heavy atom. The normalized spacial score (nSPS) is 15.7. The van der Waals surface area contributed by atoms with Gasteiger partial charge in [-0.2, -0.15) is 0 Å². The number of anilines is 1. The maximum absolute atomic E-state index is 12.8. The van der Waals surface area contributed by atoms with Gasteiger partial charge in [-0.3, -0.25) is 4.79 Å². The van der Waals surface area contributed by atoms with Gasteiger partial charge in [0.15, 0.2) is 0 Å². The molecule has 7 heteroatoms. The lowest BCUT2D eigenvalue weighted by molar-refractivity contribution is -0.116. The van der Waals surface area contributed by atoms with Gasteiger partial charge in [-0.15, -0.1) is 11.3 Å². The second-order valence-electron chi connectivity index (χ2n) is 6.02. The number of aryl methyl sites for hydroxylation is 1. The van der Waals surface area contributed by atoms with Crippen molar-refractivity contribution in [1.82, 2.24) is 4.98 Å². The van der Waals surface area contributed by atoms with Crippen molar-refractivity contribution in [2.75, 3.05) is 12.4 Å². The summed E-state index contributed by atoms with van der Waals surface area (Å²) in [6.45, 7) is 1.82. The highest BCUT2D eigenvalue weighted by Crippen LogP contribution is 2.45. The number of nitrogens with one attached hydrogen (secondary N) is 2. The fraction of sp³-hybridized carbons (Fsp3) is 0.158. The molecule has 132 valence electrons. The number of fused-ring (bicyclic) bond motifs is 1. The average Bonchev–Trinajstić information content (AvgIpc) is 3.28. The van der Waals surface area contributed by atoms with Crippen molar-refractivity contribution in [3.8, 4) is 10.6 Å². The van der Waals surface area contributed by atoms with Gasteiger partial charge in [-0.05, 0) is 46.6 Å². The van der Waals surface area contributed by atoms with E-state index in [4.69, 9.17) is 4.74 Å². The molecule has 0 radical (unpaired) electrons. The predicted molar refractivity (Wildman–Crippen MR) is 105 cm³/mol. The fourth-order valence-corrected chi connectivity index (χ4v) is 4.84. The van der Waals surface area contributed by atoms with Crippen molar-refractivity contribution in [3.63, 3.8) is 0 Å². The second-order valence-corrected chi connectivity index (χ2v) is 8.48. The van der Waals surface area contributed by atoms with Gasteiger partial charge in [0.25, 0.3) is 0 Å². The number of amides is 1. The number of hydrogen-bond donors (Lipinski definition) is 2.